The SMILES string of the molecule is CC(C)NC(=O)CNC(=O)COC(=O)Cc1csc(-c2ccc(C(C)C)cc2)n1. The third-order valence-corrected chi connectivity index (χ3v) is 4.90. The summed E-state index contributed by atoms with van der Waals surface area (Å²) in [6.07, 6.45) is -0.0122. The van der Waals surface area contributed by atoms with Gasteiger partial charge >= 0.3 is 5.97 Å². The Kier molecular flexibility index (Phi) is 8.33. The van der Waals surface area contributed by atoms with E-state index in [-0.39, 0.29) is 24.9 Å². The summed E-state index contributed by atoms with van der Waals surface area (Å²) in [6, 6.07) is 8.20. The van der Waals surface area contributed by atoms with Gasteiger partial charge in [0.15, 0.2) is 6.61 Å². The van der Waals surface area contributed by atoms with Crippen LogP contribution in [-0.2, 0) is 25.5 Å². The van der Waals surface area contributed by atoms with Crippen LogP contribution in [0.3, 0.4) is 0 Å². The Bertz CT molecular complexity index is 844. The molecule has 0 aliphatic heterocycles. The first-order valence-corrected chi connectivity index (χ1v) is 10.4. The molecular weight excluding hydrogens is 390 g/mol. The topological polar surface area (TPSA) is 97.4 Å². The molecule has 0 spiro atoms. The summed E-state index contributed by atoms with van der Waals surface area (Å²) >= 11 is 1.46. The van der Waals surface area contributed by atoms with E-state index in [1.165, 1.54) is 16.9 Å². The van der Waals surface area contributed by atoms with Crippen LogP contribution in [0.2, 0.25) is 0 Å². The molecule has 2 N–H and O–H groups in total. The second-order valence-electron chi connectivity index (χ2n) is 7.26. The lowest BCUT2D eigenvalue weighted by molar-refractivity contribution is -0.148. The Morgan fingerprint density at radius 2 is 1.76 bits per heavy atom. The molecule has 1 heterocycles. The van der Waals surface area contributed by atoms with Gasteiger partial charge in [-0.2, -0.15) is 0 Å². The number of hydrogen-bond acceptors (Lipinski definition) is 6. The molecule has 2 aromatic rings. The summed E-state index contributed by atoms with van der Waals surface area (Å²) in [4.78, 5) is 39.6. The average molecular weight is 418 g/mol. The van der Waals surface area contributed by atoms with Crippen molar-refractivity contribution in [1.82, 2.24) is 15.6 Å². The number of amides is 2. The summed E-state index contributed by atoms with van der Waals surface area (Å²) in [5.41, 5.74) is 2.85. The second-order valence-corrected chi connectivity index (χ2v) is 8.12. The van der Waals surface area contributed by atoms with Crippen molar-refractivity contribution in [3.63, 3.8) is 0 Å². The van der Waals surface area contributed by atoms with Crippen LogP contribution in [-0.4, -0.2) is 42.0 Å². The number of carbonyl (C=O) groups is 3. The van der Waals surface area contributed by atoms with Crippen LogP contribution < -0.4 is 10.6 Å². The number of ether oxygens (including phenoxy) is 1. The van der Waals surface area contributed by atoms with Crippen molar-refractivity contribution in [1.29, 1.82) is 0 Å². The van der Waals surface area contributed by atoms with Crippen molar-refractivity contribution in [2.45, 2.75) is 46.1 Å². The van der Waals surface area contributed by atoms with Gasteiger partial charge in [0.1, 0.15) is 5.01 Å². The van der Waals surface area contributed by atoms with Crippen molar-refractivity contribution >= 4 is 29.1 Å². The zero-order chi connectivity index (χ0) is 21.4. The van der Waals surface area contributed by atoms with E-state index in [1.54, 1.807) is 0 Å². The molecule has 0 saturated heterocycles. The Hall–Kier alpha value is -2.74. The highest BCUT2D eigenvalue weighted by Crippen LogP contribution is 2.26. The van der Waals surface area contributed by atoms with Crippen LogP contribution in [0, 0.1) is 0 Å². The fraction of sp³-hybridized carbons (Fsp3) is 0.429. The molecule has 0 atom stereocenters. The van der Waals surface area contributed by atoms with Gasteiger partial charge in [0.25, 0.3) is 5.91 Å². The minimum absolute atomic E-state index is 0.00613. The fourth-order valence-corrected chi connectivity index (χ4v) is 3.31. The van der Waals surface area contributed by atoms with Crippen LogP contribution in [0.4, 0.5) is 0 Å². The van der Waals surface area contributed by atoms with Crippen LogP contribution >= 0.6 is 11.3 Å². The van der Waals surface area contributed by atoms with Gasteiger partial charge in [0.2, 0.25) is 5.91 Å². The van der Waals surface area contributed by atoms with Gasteiger partial charge in [-0.05, 0) is 25.3 Å². The number of nitrogens with one attached hydrogen (secondary N) is 2. The molecule has 0 unspecified atom stereocenters. The predicted molar refractivity (Wildman–Crippen MR) is 113 cm³/mol. The third-order valence-electron chi connectivity index (χ3n) is 3.96. The van der Waals surface area contributed by atoms with Crippen molar-refractivity contribution < 1.29 is 19.1 Å². The fourth-order valence-electron chi connectivity index (χ4n) is 2.48. The second kappa shape index (κ2) is 10.7. The van der Waals surface area contributed by atoms with E-state index in [4.69, 9.17) is 4.74 Å². The van der Waals surface area contributed by atoms with Gasteiger partial charge < -0.3 is 15.4 Å². The molecular formula is C21H27N3O4S. The summed E-state index contributed by atoms with van der Waals surface area (Å²) < 4.78 is 4.96. The summed E-state index contributed by atoms with van der Waals surface area (Å²) in [5.74, 6) is -0.899. The van der Waals surface area contributed by atoms with E-state index >= 15 is 0 Å². The summed E-state index contributed by atoms with van der Waals surface area (Å²) in [6.45, 7) is 7.35. The molecule has 0 radical (unpaired) electrons. The molecule has 0 saturated carbocycles. The third kappa shape index (κ3) is 7.65. The molecule has 2 amide bonds. The van der Waals surface area contributed by atoms with Crippen LogP contribution in [0.25, 0.3) is 10.6 Å². The van der Waals surface area contributed by atoms with Crippen LogP contribution in [0.15, 0.2) is 29.6 Å². The van der Waals surface area contributed by atoms with Gasteiger partial charge in [-0.3, -0.25) is 14.4 Å². The van der Waals surface area contributed by atoms with Gasteiger partial charge in [-0.15, -0.1) is 11.3 Å². The number of rotatable bonds is 9. The zero-order valence-electron chi connectivity index (χ0n) is 17.2. The van der Waals surface area contributed by atoms with E-state index in [0.29, 0.717) is 11.6 Å². The summed E-state index contributed by atoms with van der Waals surface area (Å²) in [5, 5.41) is 7.69. The molecule has 0 bridgehead atoms. The van der Waals surface area contributed by atoms with E-state index in [0.717, 1.165) is 10.6 Å². The standard InChI is InChI=1S/C21H27N3O4S/c1-13(2)15-5-7-16(8-6-15)21-24-17(12-29-21)9-20(27)28-11-19(26)22-10-18(25)23-14(3)4/h5-8,12-14H,9-11H2,1-4H3,(H,22,26)(H,23,25). The minimum atomic E-state index is -0.543. The number of esters is 1. The molecule has 0 fully saturated rings. The maximum absolute atomic E-state index is 11.9. The normalized spacial score (nSPS) is 10.8. The first-order chi connectivity index (χ1) is 13.7. The van der Waals surface area contributed by atoms with E-state index < -0.39 is 18.5 Å². The highest BCUT2D eigenvalue weighted by molar-refractivity contribution is 7.13. The lowest BCUT2D eigenvalue weighted by Crippen LogP contribution is -2.41. The number of carbonyl (C=O) groups excluding carboxylic acids is 3. The Balaban J connectivity index is 1.78. The van der Waals surface area contributed by atoms with Crippen molar-refractivity contribution in [2.75, 3.05) is 13.2 Å². The minimum Gasteiger partial charge on any atom is -0.455 e. The largest absolute Gasteiger partial charge is 0.455 e. The monoisotopic (exact) mass is 417 g/mol. The molecule has 29 heavy (non-hydrogen) atoms. The Labute approximate surface area is 174 Å². The number of hydrogen-bond donors (Lipinski definition) is 2. The average Bonchev–Trinajstić information content (AvgIpc) is 3.12. The number of nitrogens with zero attached hydrogens (tertiary/aromatic N) is 1. The molecule has 8 heteroatoms. The van der Waals surface area contributed by atoms with Gasteiger partial charge in [-0.25, -0.2) is 4.98 Å². The van der Waals surface area contributed by atoms with Gasteiger partial charge in [0.05, 0.1) is 18.7 Å². The van der Waals surface area contributed by atoms with Gasteiger partial charge in [0, 0.05) is 17.0 Å². The van der Waals surface area contributed by atoms with Crippen LogP contribution in [0.5, 0.6) is 0 Å². The lowest BCUT2D eigenvalue weighted by Gasteiger charge is -2.09. The predicted octanol–water partition coefficient (Wildman–Crippen LogP) is 2.66. The van der Waals surface area contributed by atoms with Crippen molar-refractivity contribution in [3.8, 4) is 10.6 Å². The molecule has 156 valence electrons. The molecule has 2 rings (SSSR count). The summed E-state index contributed by atoms with van der Waals surface area (Å²) in [7, 11) is 0. The van der Waals surface area contributed by atoms with E-state index in [1.807, 2.05) is 31.4 Å². The Morgan fingerprint density at radius 3 is 2.38 bits per heavy atom. The molecule has 1 aromatic heterocycles. The smallest absolute Gasteiger partial charge is 0.312 e. The lowest BCUT2D eigenvalue weighted by atomic mass is 10.0. The van der Waals surface area contributed by atoms with Crippen molar-refractivity contribution in [3.05, 3.63) is 40.9 Å². The first-order valence-electron chi connectivity index (χ1n) is 9.51. The molecule has 0 aliphatic carbocycles. The number of thiazole rings is 1. The highest BCUT2D eigenvalue weighted by atomic mass is 32.1. The van der Waals surface area contributed by atoms with Crippen LogP contribution in [0.1, 0.15) is 44.9 Å². The highest BCUT2D eigenvalue weighted by Gasteiger charge is 2.13. The molecule has 0 aliphatic rings. The van der Waals surface area contributed by atoms with Gasteiger partial charge in [-0.1, -0.05) is 38.1 Å². The quantitative estimate of drug-likeness (QED) is 0.612. The van der Waals surface area contributed by atoms with Crippen molar-refractivity contribution in [2.24, 2.45) is 0 Å². The maximum Gasteiger partial charge on any atom is 0.312 e. The number of aromatic nitrogens is 1. The van der Waals surface area contributed by atoms with E-state index in [2.05, 4.69) is 41.6 Å². The zero-order valence-corrected chi connectivity index (χ0v) is 18.0. The first kappa shape index (κ1) is 22.5. The maximum atomic E-state index is 11.9. The Morgan fingerprint density at radius 1 is 1.07 bits per heavy atom. The molecule has 7 nitrogen and oxygen atoms in total. The number of benzene rings is 1. The molecule has 1 aromatic carbocycles. The van der Waals surface area contributed by atoms with E-state index in [9.17, 15) is 14.4 Å².